The van der Waals surface area contributed by atoms with Crippen LogP contribution in [0.15, 0.2) is 53.4 Å². The monoisotopic (exact) mass is 330 g/mol. The molecule has 0 bridgehead atoms. The van der Waals surface area contributed by atoms with Crippen molar-refractivity contribution in [1.29, 1.82) is 0 Å². The van der Waals surface area contributed by atoms with Gasteiger partial charge in [-0.05, 0) is 51.2 Å². The Morgan fingerprint density at radius 1 is 1.04 bits per heavy atom. The van der Waals surface area contributed by atoms with E-state index in [-0.39, 0.29) is 6.04 Å². The molecule has 0 saturated carbocycles. The Kier molecular flexibility index (Phi) is 4.17. The van der Waals surface area contributed by atoms with Crippen LogP contribution in [0.1, 0.15) is 23.6 Å². The summed E-state index contributed by atoms with van der Waals surface area (Å²) in [6, 6.07) is 15.1. The second kappa shape index (κ2) is 5.98. The standard InChI is InChI=1S/C18H22N2O2S/c1-14-8-10-15(11-9-14)23(21,22)20-13-12-17(19(2)3)16-6-4-5-7-18(16)20/h4-11,17H,12-13H2,1-3H3. The van der Waals surface area contributed by atoms with Crippen molar-refractivity contribution in [2.24, 2.45) is 0 Å². The first-order valence-electron chi connectivity index (χ1n) is 7.76. The van der Waals surface area contributed by atoms with E-state index in [1.807, 2.05) is 57.4 Å². The summed E-state index contributed by atoms with van der Waals surface area (Å²) in [5.74, 6) is 0. The van der Waals surface area contributed by atoms with Crippen molar-refractivity contribution >= 4 is 15.7 Å². The van der Waals surface area contributed by atoms with Gasteiger partial charge in [-0.1, -0.05) is 35.9 Å². The van der Waals surface area contributed by atoms with Gasteiger partial charge in [-0.15, -0.1) is 0 Å². The predicted molar refractivity (Wildman–Crippen MR) is 93.2 cm³/mol. The third kappa shape index (κ3) is 2.86. The van der Waals surface area contributed by atoms with Gasteiger partial charge in [0.2, 0.25) is 0 Å². The van der Waals surface area contributed by atoms with Gasteiger partial charge in [-0.25, -0.2) is 8.42 Å². The van der Waals surface area contributed by atoms with Gasteiger partial charge in [0, 0.05) is 12.6 Å². The normalized spacial score (nSPS) is 18.1. The van der Waals surface area contributed by atoms with E-state index in [4.69, 9.17) is 0 Å². The molecule has 0 N–H and O–H groups in total. The van der Waals surface area contributed by atoms with E-state index in [9.17, 15) is 8.42 Å². The molecule has 1 aliphatic heterocycles. The predicted octanol–water partition coefficient (Wildman–Crippen LogP) is 3.20. The van der Waals surface area contributed by atoms with E-state index < -0.39 is 10.0 Å². The fraction of sp³-hybridized carbons (Fsp3) is 0.333. The minimum Gasteiger partial charge on any atom is -0.302 e. The molecule has 122 valence electrons. The van der Waals surface area contributed by atoms with E-state index >= 15 is 0 Å². The van der Waals surface area contributed by atoms with Crippen LogP contribution in [0.3, 0.4) is 0 Å². The Labute approximate surface area is 138 Å². The zero-order chi connectivity index (χ0) is 16.6. The number of hydrogen-bond acceptors (Lipinski definition) is 3. The third-order valence-corrected chi connectivity index (χ3v) is 6.23. The summed E-state index contributed by atoms with van der Waals surface area (Å²) in [6.45, 7) is 2.45. The summed E-state index contributed by atoms with van der Waals surface area (Å²) in [7, 11) is 0.540. The quantitative estimate of drug-likeness (QED) is 0.868. The number of benzene rings is 2. The molecule has 0 aliphatic carbocycles. The Hall–Kier alpha value is -1.85. The first-order chi connectivity index (χ1) is 10.9. The molecule has 1 aliphatic rings. The van der Waals surface area contributed by atoms with Crippen LogP contribution in [-0.2, 0) is 10.0 Å². The molecular weight excluding hydrogens is 308 g/mol. The minimum absolute atomic E-state index is 0.246. The number of aryl methyl sites for hydroxylation is 1. The molecule has 2 aromatic carbocycles. The van der Waals surface area contributed by atoms with Crippen LogP contribution in [0, 0.1) is 6.92 Å². The Bertz CT molecular complexity index is 798. The molecule has 2 aromatic rings. The molecule has 1 heterocycles. The molecule has 3 rings (SSSR count). The molecule has 0 saturated heterocycles. The highest BCUT2D eigenvalue weighted by Crippen LogP contribution is 2.38. The molecule has 23 heavy (non-hydrogen) atoms. The summed E-state index contributed by atoms with van der Waals surface area (Å²) in [5.41, 5.74) is 2.91. The Morgan fingerprint density at radius 2 is 1.70 bits per heavy atom. The zero-order valence-electron chi connectivity index (χ0n) is 13.7. The highest BCUT2D eigenvalue weighted by Gasteiger charge is 2.33. The van der Waals surface area contributed by atoms with Crippen molar-refractivity contribution in [3.63, 3.8) is 0 Å². The lowest BCUT2D eigenvalue weighted by Gasteiger charge is -2.37. The summed E-state index contributed by atoms with van der Waals surface area (Å²) in [4.78, 5) is 2.50. The molecule has 0 radical (unpaired) electrons. The van der Waals surface area contributed by atoms with Crippen LogP contribution >= 0.6 is 0 Å². The van der Waals surface area contributed by atoms with Gasteiger partial charge in [-0.2, -0.15) is 0 Å². The van der Waals surface area contributed by atoms with Crippen molar-refractivity contribution in [2.75, 3.05) is 24.9 Å². The molecule has 5 heteroatoms. The van der Waals surface area contributed by atoms with Gasteiger partial charge in [-0.3, -0.25) is 4.31 Å². The molecule has 1 unspecified atom stereocenters. The fourth-order valence-corrected chi connectivity index (χ4v) is 4.64. The summed E-state index contributed by atoms with van der Waals surface area (Å²) < 4.78 is 27.6. The fourth-order valence-electron chi connectivity index (χ4n) is 3.14. The molecule has 0 fully saturated rings. The first-order valence-corrected chi connectivity index (χ1v) is 9.20. The van der Waals surface area contributed by atoms with Crippen LogP contribution in [0.25, 0.3) is 0 Å². The van der Waals surface area contributed by atoms with Crippen molar-refractivity contribution in [3.05, 3.63) is 59.7 Å². The Morgan fingerprint density at radius 3 is 2.35 bits per heavy atom. The second-order valence-electron chi connectivity index (χ2n) is 6.22. The van der Waals surface area contributed by atoms with Crippen LogP contribution in [0.4, 0.5) is 5.69 Å². The average Bonchev–Trinajstić information content (AvgIpc) is 2.54. The number of para-hydroxylation sites is 1. The van der Waals surface area contributed by atoms with Crippen molar-refractivity contribution in [3.8, 4) is 0 Å². The average molecular weight is 330 g/mol. The van der Waals surface area contributed by atoms with E-state index in [1.54, 1.807) is 16.4 Å². The van der Waals surface area contributed by atoms with Crippen LogP contribution < -0.4 is 4.31 Å². The van der Waals surface area contributed by atoms with Gasteiger partial charge in [0.05, 0.1) is 10.6 Å². The van der Waals surface area contributed by atoms with Crippen LogP contribution in [0.2, 0.25) is 0 Å². The topological polar surface area (TPSA) is 40.6 Å². The maximum atomic E-state index is 13.1. The molecular formula is C18H22N2O2S. The number of anilines is 1. The van der Waals surface area contributed by atoms with Crippen LogP contribution in [-0.4, -0.2) is 34.0 Å². The van der Waals surface area contributed by atoms with Gasteiger partial charge in [0.25, 0.3) is 10.0 Å². The van der Waals surface area contributed by atoms with Gasteiger partial charge in [0.15, 0.2) is 0 Å². The van der Waals surface area contributed by atoms with Gasteiger partial charge in [0.1, 0.15) is 0 Å². The summed E-state index contributed by atoms with van der Waals surface area (Å²) >= 11 is 0. The smallest absolute Gasteiger partial charge is 0.264 e. The van der Waals surface area contributed by atoms with Gasteiger partial charge >= 0.3 is 0 Å². The molecule has 0 aromatic heterocycles. The number of hydrogen-bond donors (Lipinski definition) is 0. The maximum absolute atomic E-state index is 13.1. The molecule has 0 amide bonds. The number of nitrogens with zero attached hydrogens (tertiary/aromatic N) is 2. The third-order valence-electron chi connectivity index (χ3n) is 4.40. The molecule has 0 spiro atoms. The lowest BCUT2D eigenvalue weighted by molar-refractivity contribution is 0.281. The van der Waals surface area contributed by atoms with Crippen molar-refractivity contribution < 1.29 is 8.42 Å². The van der Waals surface area contributed by atoms with Crippen LogP contribution in [0.5, 0.6) is 0 Å². The number of rotatable bonds is 3. The second-order valence-corrected chi connectivity index (χ2v) is 8.08. The van der Waals surface area contributed by atoms with E-state index in [1.165, 1.54) is 0 Å². The zero-order valence-corrected chi connectivity index (χ0v) is 14.5. The highest BCUT2D eigenvalue weighted by molar-refractivity contribution is 7.92. The maximum Gasteiger partial charge on any atom is 0.264 e. The van der Waals surface area contributed by atoms with E-state index in [0.29, 0.717) is 11.4 Å². The number of sulfonamides is 1. The SMILES string of the molecule is Cc1ccc(S(=O)(=O)N2CCC(N(C)C)c3ccccc32)cc1. The summed E-state index contributed by atoms with van der Waals surface area (Å²) in [5, 5.41) is 0. The lowest BCUT2D eigenvalue weighted by atomic mass is 9.97. The summed E-state index contributed by atoms with van der Waals surface area (Å²) in [6.07, 6.45) is 0.787. The largest absolute Gasteiger partial charge is 0.302 e. The van der Waals surface area contributed by atoms with E-state index in [2.05, 4.69) is 4.90 Å². The number of fused-ring (bicyclic) bond motifs is 1. The minimum atomic E-state index is -3.53. The lowest BCUT2D eigenvalue weighted by Crippen LogP contribution is -2.39. The first kappa shape index (κ1) is 16.0. The highest BCUT2D eigenvalue weighted by atomic mass is 32.2. The molecule has 4 nitrogen and oxygen atoms in total. The van der Waals surface area contributed by atoms with Crippen molar-refractivity contribution in [2.45, 2.75) is 24.3 Å². The van der Waals surface area contributed by atoms with Crippen molar-refractivity contribution in [1.82, 2.24) is 4.90 Å². The Balaban J connectivity index is 2.07. The molecule has 1 atom stereocenters. The van der Waals surface area contributed by atoms with E-state index in [0.717, 1.165) is 23.2 Å². The van der Waals surface area contributed by atoms with Gasteiger partial charge < -0.3 is 4.90 Å².